The topological polar surface area (TPSA) is 138 Å². The first-order valence-corrected chi connectivity index (χ1v) is 12.5. The number of aromatic nitrogens is 3. The number of aliphatic hydroxyl groups excluding tert-OH is 2. The summed E-state index contributed by atoms with van der Waals surface area (Å²) in [4.78, 5) is 17.9. The Morgan fingerprint density at radius 1 is 1.24 bits per heavy atom. The predicted molar refractivity (Wildman–Crippen MR) is 127 cm³/mol. The van der Waals surface area contributed by atoms with Crippen molar-refractivity contribution in [2.75, 3.05) is 19.8 Å². The van der Waals surface area contributed by atoms with Crippen molar-refractivity contribution in [3.8, 4) is 11.3 Å². The summed E-state index contributed by atoms with van der Waals surface area (Å²) in [7, 11) is 0. The van der Waals surface area contributed by atoms with Crippen LogP contribution in [0.15, 0.2) is 23.5 Å². The van der Waals surface area contributed by atoms with Crippen molar-refractivity contribution in [2.45, 2.75) is 75.6 Å². The number of benzene rings is 1. The highest BCUT2D eigenvalue weighted by Crippen LogP contribution is 2.39. The summed E-state index contributed by atoms with van der Waals surface area (Å²) in [6.07, 6.45) is -0.811. The van der Waals surface area contributed by atoms with Crippen LogP contribution in [-0.4, -0.2) is 86.7 Å². The van der Waals surface area contributed by atoms with Crippen molar-refractivity contribution in [2.24, 2.45) is 5.16 Å². The fourth-order valence-electron chi connectivity index (χ4n) is 5.32. The van der Waals surface area contributed by atoms with E-state index in [-0.39, 0.29) is 23.2 Å². The van der Waals surface area contributed by atoms with Crippen LogP contribution in [0.3, 0.4) is 0 Å². The second kappa shape index (κ2) is 10.6. The SMILES string of the molecule is CC(=O)OC1C(CC2=NOC3(CCOCC3)C2)OC(CO)C(O)C1n1cc(-c2ccc(C)c(F)c2F)nn1. The van der Waals surface area contributed by atoms with Crippen LogP contribution in [0.4, 0.5) is 8.78 Å². The Kier molecular flexibility index (Phi) is 7.45. The second-order valence-electron chi connectivity index (χ2n) is 10.0. The highest BCUT2D eigenvalue weighted by atomic mass is 19.2. The molecule has 1 aromatic carbocycles. The van der Waals surface area contributed by atoms with Gasteiger partial charge in [0.15, 0.2) is 17.7 Å². The Labute approximate surface area is 217 Å². The molecule has 2 N–H and O–H groups in total. The Hall–Kier alpha value is -3.00. The van der Waals surface area contributed by atoms with E-state index in [1.54, 1.807) is 0 Å². The van der Waals surface area contributed by atoms with E-state index in [9.17, 15) is 23.8 Å². The van der Waals surface area contributed by atoms with E-state index in [0.717, 1.165) is 0 Å². The molecule has 4 heterocycles. The lowest BCUT2D eigenvalue weighted by molar-refractivity contribution is -0.216. The number of halogens is 2. The molecule has 3 aliphatic heterocycles. The van der Waals surface area contributed by atoms with Crippen LogP contribution >= 0.6 is 0 Å². The van der Waals surface area contributed by atoms with Gasteiger partial charge in [-0.2, -0.15) is 0 Å². The molecule has 38 heavy (non-hydrogen) atoms. The van der Waals surface area contributed by atoms with Crippen molar-refractivity contribution in [1.82, 2.24) is 15.0 Å². The van der Waals surface area contributed by atoms with Crippen molar-refractivity contribution in [3.63, 3.8) is 0 Å². The molecule has 0 amide bonds. The minimum Gasteiger partial charge on any atom is -0.457 e. The third-order valence-corrected chi connectivity index (χ3v) is 7.37. The first-order chi connectivity index (χ1) is 18.2. The van der Waals surface area contributed by atoms with Gasteiger partial charge < -0.3 is 29.3 Å². The number of rotatable bonds is 6. The average Bonchev–Trinajstić information content (AvgIpc) is 3.52. The number of nitrogens with zero attached hydrogens (tertiary/aromatic N) is 4. The van der Waals surface area contributed by atoms with E-state index in [0.29, 0.717) is 38.2 Å². The molecule has 3 aliphatic rings. The summed E-state index contributed by atoms with van der Waals surface area (Å²) in [6, 6.07) is 1.76. The lowest BCUT2D eigenvalue weighted by Gasteiger charge is -2.43. The maximum absolute atomic E-state index is 14.6. The molecule has 5 unspecified atom stereocenters. The molecule has 1 spiro atoms. The van der Waals surface area contributed by atoms with Gasteiger partial charge in [-0.3, -0.25) is 4.79 Å². The summed E-state index contributed by atoms with van der Waals surface area (Å²) in [6.45, 7) is 3.28. The predicted octanol–water partition coefficient (Wildman–Crippen LogP) is 1.84. The summed E-state index contributed by atoms with van der Waals surface area (Å²) in [5.41, 5.74) is 0.303. The zero-order valence-electron chi connectivity index (χ0n) is 21.0. The van der Waals surface area contributed by atoms with Crippen molar-refractivity contribution < 1.29 is 42.8 Å². The first kappa shape index (κ1) is 26.6. The molecule has 5 atom stereocenters. The molecule has 2 fully saturated rings. The van der Waals surface area contributed by atoms with Gasteiger partial charge in [-0.05, 0) is 18.6 Å². The van der Waals surface area contributed by atoms with Gasteiger partial charge in [0.05, 0.1) is 31.7 Å². The van der Waals surface area contributed by atoms with Gasteiger partial charge in [0, 0.05) is 38.2 Å². The number of aryl methyl sites for hydroxylation is 1. The Morgan fingerprint density at radius 3 is 2.71 bits per heavy atom. The van der Waals surface area contributed by atoms with Crippen LogP contribution in [-0.2, 0) is 23.8 Å². The van der Waals surface area contributed by atoms with Crippen LogP contribution in [0, 0.1) is 18.6 Å². The molecule has 11 nitrogen and oxygen atoms in total. The van der Waals surface area contributed by atoms with E-state index in [1.165, 1.54) is 36.9 Å². The van der Waals surface area contributed by atoms with E-state index in [2.05, 4.69) is 15.5 Å². The highest BCUT2D eigenvalue weighted by molar-refractivity contribution is 5.86. The van der Waals surface area contributed by atoms with Crippen LogP contribution in [0.5, 0.6) is 0 Å². The van der Waals surface area contributed by atoms with Gasteiger partial charge >= 0.3 is 5.97 Å². The maximum atomic E-state index is 14.6. The summed E-state index contributed by atoms with van der Waals surface area (Å²) < 4.78 is 47.1. The largest absolute Gasteiger partial charge is 0.457 e. The van der Waals surface area contributed by atoms with E-state index < -0.39 is 60.3 Å². The summed E-state index contributed by atoms with van der Waals surface area (Å²) >= 11 is 0. The third-order valence-electron chi connectivity index (χ3n) is 7.37. The van der Waals surface area contributed by atoms with Gasteiger partial charge in [0.25, 0.3) is 0 Å². The number of oxime groups is 1. The minimum atomic E-state index is -1.36. The standard InChI is InChI=1S/C25H30F2N4O7/c1-13-3-4-16(21(27)20(13)26)17-11-31(30-28-17)22-23(34)19(12-32)37-18(24(22)36-14(2)33)9-15-10-25(38-29-15)5-7-35-8-6-25/h3-4,11,18-19,22-24,32,34H,5-10,12H2,1-2H3. The number of hydrogen-bond donors (Lipinski definition) is 2. The Balaban J connectivity index is 1.44. The number of esters is 1. The van der Waals surface area contributed by atoms with Crippen LogP contribution in [0.1, 0.15) is 44.2 Å². The van der Waals surface area contributed by atoms with Gasteiger partial charge in [-0.25, -0.2) is 13.5 Å². The number of aliphatic hydroxyl groups is 2. The maximum Gasteiger partial charge on any atom is 0.303 e. The number of hydrogen-bond acceptors (Lipinski definition) is 10. The fourth-order valence-corrected chi connectivity index (χ4v) is 5.32. The molecule has 0 radical (unpaired) electrons. The number of carbonyl (C=O) groups is 1. The summed E-state index contributed by atoms with van der Waals surface area (Å²) in [5.74, 6) is -2.70. The fraction of sp³-hybridized carbons (Fsp3) is 0.600. The third kappa shape index (κ3) is 5.03. The smallest absolute Gasteiger partial charge is 0.303 e. The molecule has 0 aliphatic carbocycles. The lowest BCUT2D eigenvalue weighted by Crippen LogP contribution is -2.57. The molecule has 0 bridgehead atoms. The highest BCUT2D eigenvalue weighted by Gasteiger charge is 2.50. The van der Waals surface area contributed by atoms with Crippen LogP contribution < -0.4 is 0 Å². The number of ether oxygens (including phenoxy) is 3. The van der Waals surface area contributed by atoms with Crippen LogP contribution in [0.25, 0.3) is 11.3 Å². The first-order valence-electron chi connectivity index (χ1n) is 12.5. The molecule has 206 valence electrons. The average molecular weight is 537 g/mol. The zero-order valence-corrected chi connectivity index (χ0v) is 21.0. The van der Waals surface area contributed by atoms with Crippen molar-refractivity contribution in [1.29, 1.82) is 0 Å². The second-order valence-corrected chi connectivity index (χ2v) is 10.0. The van der Waals surface area contributed by atoms with Gasteiger partial charge in [0.1, 0.15) is 35.6 Å². The van der Waals surface area contributed by atoms with E-state index >= 15 is 0 Å². The van der Waals surface area contributed by atoms with Crippen LogP contribution in [0.2, 0.25) is 0 Å². The Bertz CT molecular complexity index is 1220. The van der Waals surface area contributed by atoms with E-state index in [4.69, 9.17) is 19.0 Å². The van der Waals surface area contributed by atoms with Gasteiger partial charge in [-0.1, -0.05) is 16.4 Å². The zero-order chi connectivity index (χ0) is 27.0. The Morgan fingerprint density at radius 2 is 2.00 bits per heavy atom. The molecule has 5 rings (SSSR count). The molecule has 2 aromatic rings. The van der Waals surface area contributed by atoms with Crippen molar-refractivity contribution in [3.05, 3.63) is 35.5 Å². The quantitative estimate of drug-likeness (QED) is 0.530. The minimum absolute atomic E-state index is 0.0220. The van der Waals surface area contributed by atoms with Gasteiger partial charge in [0.2, 0.25) is 0 Å². The molecular weight excluding hydrogens is 506 g/mol. The summed E-state index contributed by atoms with van der Waals surface area (Å²) in [5, 5.41) is 33.3. The monoisotopic (exact) mass is 536 g/mol. The molecular formula is C25H30F2N4O7. The lowest BCUT2D eigenvalue weighted by atomic mass is 9.85. The molecule has 13 heteroatoms. The van der Waals surface area contributed by atoms with E-state index in [1.807, 2.05) is 0 Å². The molecule has 1 aromatic heterocycles. The normalized spacial score (nSPS) is 28.7. The van der Waals surface area contributed by atoms with Gasteiger partial charge in [-0.15, -0.1) is 5.10 Å². The van der Waals surface area contributed by atoms with Crippen molar-refractivity contribution >= 4 is 11.7 Å². The molecule has 2 saturated heterocycles. The number of carbonyl (C=O) groups excluding carboxylic acids is 1. The molecule has 0 saturated carbocycles.